The number of aliphatic hydroxyl groups is 1. The zero-order chi connectivity index (χ0) is 6.78. The minimum absolute atomic E-state index is 0.875. The van der Waals surface area contributed by atoms with Gasteiger partial charge in [0.15, 0.2) is 6.29 Å². The second-order valence-electron chi connectivity index (χ2n) is 1.40. The van der Waals surface area contributed by atoms with Crippen LogP contribution in [0.4, 0.5) is 0 Å². The van der Waals surface area contributed by atoms with E-state index in [0.29, 0.717) is 0 Å². The maximum absolute atomic E-state index is 10.1. The van der Waals surface area contributed by atoms with E-state index in [0.717, 1.165) is 6.26 Å². The lowest BCUT2D eigenvalue weighted by molar-refractivity contribution is 0.00621. The molecule has 4 nitrogen and oxygen atoms in total. The Balaban J connectivity index is 3.75. The van der Waals surface area contributed by atoms with E-state index in [1.54, 1.807) is 0 Å². The molecule has 0 aromatic heterocycles. The van der Waals surface area contributed by atoms with Crippen LogP contribution >= 0.6 is 0 Å². The van der Waals surface area contributed by atoms with E-state index < -0.39 is 16.4 Å². The van der Waals surface area contributed by atoms with Gasteiger partial charge in [0.05, 0.1) is 6.26 Å². The van der Waals surface area contributed by atoms with E-state index in [2.05, 4.69) is 4.18 Å². The Hall–Kier alpha value is -0.130. The lowest BCUT2D eigenvalue weighted by atomic mass is 10.8. The van der Waals surface area contributed by atoms with Gasteiger partial charge in [-0.25, -0.2) is 4.18 Å². The molecule has 5 heteroatoms. The van der Waals surface area contributed by atoms with Crippen LogP contribution in [0, 0.1) is 0 Å². The van der Waals surface area contributed by atoms with Crippen molar-refractivity contribution < 1.29 is 17.7 Å². The van der Waals surface area contributed by atoms with Gasteiger partial charge in [0, 0.05) is 0 Å². The molecule has 0 bridgehead atoms. The first-order chi connectivity index (χ1) is 3.42. The number of rotatable bonds is 2. The third-order valence-corrected chi connectivity index (χ3v) is 0.942. The van der Waals surface area contributed by atoms with Crippen LogP contribution in [0.2, 0.25) is 0 Å². The molecule has 0 aliphatic heterocycles. The standard InChI is InChI=1S/C3H8O4S/c1-3(4)7-8(2,5)6/h3-4H,1-2H3. The molecule has 0 radical (unpaired) electrons. The molecule has 0 saturated carbocycles. The van der Waals surface area contributed by atoms with Gasteiger partial charge < -0.3 is 5.11 Å². The Morgan fingerprint density at radius 1 is 1.62 bits per heavy atom. The summed E-state index contributed by atoms with van der Waals surface area (Å²) in [5, 5.41) is 8.29. The minimum atomic E-state index is -3.47. The molecule has 8 heavy (non-hydrogen) atoms. The highest BCUT2D eigenvalue weighted by Gasteiger charge is 2.04. The first-order valence-electron chi connectivity index (χ1n) is 1.98. The Bertz CT molecular complexity index is 145. The first-order valence-corrected chi connectivity index (χ1v) is 3.80. The molecule has 1 unspecified atom stereocenters. The normalized spacial score (nSPS) is 15.9. The summed E-state index contributed by atoms with van der Waals surface area (Å²) in [6.07, 6.45) is -0.371. The highest BCUT2D eigenvalue weighted by molar-refractivity contribution is 7.86. The zero-order valence-corrected chi connectivity index (χ0v) is 5.47. The zero-order valence-electron chi connectivity index (χ0n) is 4.66. The maximum Gasteiger partial charge on any atom is 0.266 e. The van der Waals surface area contributed by atoms with Gasteiger partial charge in [-0.15, -0.1) is 0 Å². The molecule has 0 aliphatic rings. The van der Waals surface area contributed by atoms with Crippen LogP contribution in [-0.4, -0.2) is 26.1 Å². The molecular formula is C3H8O4S. The summed E-state index contributed by atoms with van der Waals surface area (Å²) in [4.78, 5) is 0. The highest BCUT2D eigenvalue weighted by Crippen LogP contribution is 1.90. The van der Waals surface area contributed by atoms with Crippen LogP contribution in [0.25, 0.3) is 0 Å². The lowest BCUT2D eigenvalue weighted by Crippen LogP contribution is -2.12. The van der Waals surface area contributed by atoms with Gasteiger partial charge in [0.1, 0.15) is 0 Å². The van der Waals surface area contributed by atoms with Gasteiger partial charge >= 0.3 is 0 Å². The predicted octanol–water partition coefficient (Wildman–Crippen LogP) is -0.699. The van der Waals surface area contributed by atoms with Gasteiger partial charge in [-0.05, 0) is 6.92 Å². The van der Waals surface area contributed by atoms with Gasteiger partial charge in [0.2, 0.25) is 0 Å². The second-order valence-corrected chi connectivity index (χ2v) is 3.00. The topological polar surface area (TPSA) is 63.6 Å². The lowest BCUT2D eigenvalue weighted by Gasteiger charge is -2.00. The Labute approximate surface area is 48.2 Å². The molecule has 0 aromatic carbocycles. The average Bonchev–Trinajstić information content (AvgIpc) is 1.21. The van der Waals surface area contributed by atoms with E-state index in [1.165, 1.54) is 6.92 Å². The Morgan fingerprint density at radius 3 is 2.00 bits per heavy atom. The van der Waals surface area contributed by atoms with Crippen molar-refractivity contribution >= 4 is 10.1 Å². The van der Waals surface area contributed by atoms with Crippen LogP contribution in [0.3, 0.4) is 0 Å². The molecule has 50 valence electrons. The van der Waals surface area contributed by atoms with Crippen molar-refractivity contribution in [2.75, 3.05) is 6.26 Å². The fourth-order valence-electron chi connectivity index (χ4n) is 0.253. The quantitative estimate of drug-likeness (QED) is 0.407. The van der Waals surface area contributed by atoms with Crippen molar-refractivity contribution in [1.82, 2.24) is 0 Å². The van der Waals surface area contributed by atoms with Crippen molar-refractivity contribution in [2.24, 2.45) is 0 Å². The number of hydrogen-bond donors (Lipinski definition) is 1. The van der Waals surface area contributed by atoms with E-state index in [9.17, 15) is 8.42 Å². The van der Waals surface area contributed by atoms with Crippen LogP contribution in [0.1, 0.15) is 6.92 Å². The van der Waals surface area contributed by atoms with Crippen molar-refractivity contribution in [3.63, 3.8) is 0 Å². The average molecular weight is 140 g/mol. The largest absolute Gasteiger partial charge is 0.367 e. The van der Waals surface area contributed by atoms with Crippen LogP contribution in [0.15, 0.2) is 0 Å². The molecule has 1 N–H and O–H groups in total. The molecule has 0 amide bonds. The Morgan fingerprint density at radius 2 is 2.00 bits per heavy atom. The van der Waals surface area contributed by atoms with Gasteiger partial charge in [0.25, 0.3) is 10.1 Å². The van der Waals surface area contributed by atoms with Crippen molar-refractivity contribution in [2.45, 2.75) is 13.2 Å². The second kappa shape index (κ2) is 2.43. The van der Waals surface area contributed by atoms with Crippen molar-refractivity contribution in [3.05, 3.63) is 0 Å². The molecule has 0 spiro atoms. The smallest absolute Gasteiger partial charge is 0.266 e. The summed E-state index contributed by atoms with van der Waals surface area (Å²) >= 11 is 0. The fourth-order valence-corrected chi connectivity index (χ4v) is 0.759. The third kappa shape index (κ3) is 5.87. The fraction of sp³-hybridized carbons (Fsp3) is 1.00. The molecule has 0 heterocycles. The molecule has 0 saturated heterocycles. The van der Waals surface area contributed by atoms with Gasteiger partial charge in [-0.2, -0.15) is 8.42 Å². The molecule has 1 atom stereocenters. The number of hydrogen-bond acceptors (Lipinski definition) is 4. The van der Waals surface area contributed by atoms with Crippen molar-refractivity contribution in [3.8, 4) is 0 Å². The summed E-state index contributed by atoms with van der Waals surface area (Å²) < 4.78 is 24.1. The first kappa shape index (κ1) is 7.87. The third-order valence-electron chi connectivity index (χ3n) is 0.314. The predicted molar refractivity (Wildman–Crippen MR) is 27.6 cm³/mol. The molecular weight excluding hydrogens is 132 g/mol. The van der Waals surface area contributed by atoms with Crippen molar-refractivity contribution in [1.29, 1.82) is 0 Å². The van der Waals surface area contributed by atoms with E-state index in [1.807, 2.05) is 0 Å². The van der Waals surface area contributed by atoms with E-state index in [-0.39, 0.29) is 0 Å². The molecule has 0 aromatic rings. The summed E-state index contributed by atoms with van der Waals surface area (Å²) in [6, 6.07) is 0. The molecule has 0 rings (SSSR count). The monoisotopic (exact) mass is 140 g/mol. The SMILES string of the molecule is CC(O)OS(C)(=O)=O. The summed E-state index contributed by atoms with van der Waals surface area (Å²) in [5.41, 5.74) is 0. The summed E-state index contributed by atoms with van der Waals surface area (Å²) in [5.74, 6) is 0. The summed E-state index contributed by atoms with van der Waals surface area (Å²) in [6.45, 7) is 1.22. The summed E-state index contributed by atoms with van der Waals surface area (Å²) in [7, 11) is -3.47. The van der Waals surface area contributed by atoms with Crippen LogP contribution in [0.5, 0.6) is 0 Å². The van der Waals surface area contributed by atoms with Gasteiger partial charge in [-0.3, -0.25) is 0 Å². The maximum atomic E-state index is 10.1. The van der Waals surface area contributed by atoms with E-state index in [4.69, 9.17) is 5.11 Å². The minimum Gasteiger partial charge on any atom is -0.367 e. The van der Waals surface area contributed by atoms with Gasteiger partial charge in [-0.1, -0.05) is 0 Å². The molecule has 0 aliphatic carbocycles. The molecule has 0 fully saturated rings. The Kier molecular flexibility index (Phi) is 2.39. The van der Waals surface area contributed by atoms with Crippen LogP contribution < -0.4 is 0 Å². The van der Waals surface area contributed by atoms with Crippen LogP contribution in [-0.2, 0) is 14.3 Å². The highest BCUT2D eigenvalue weighted by atomic mass is 32.2. The van der Waals surface area contributed by atoms with E-state index >= 15 is 0 Å². The number of aliphatic hydroxyl groups excluding tert-OH is 1.